The highest BCUT2D eigenvalue weighted by atomic mass is 16.5. The second-order valence-electron chi connectivity index (χ2n) is 7.44. The van der Waals surface area contributed by atoms with Crippen LogP contribution >= 0.6 is 0 Å². The molecule has 0 N–H and O–H groups in total. The number of piperidine rings is 1. The summed E-state index contributed by atoms with van der Waals surface area (Å²) in [5.74, 6) is 0.604. The number of rotatable bonds is 4. The molecular formula is C21H28N2O2. The van der Waals surface area contributed by atoms with Crippen LogP contribution in [0.1, 0.15) is 30.5 Å². The van der Waals surface area contributed by atoms with Gasteiger partial charge in [0.2, 0.25) is 0 Å². The second-order valence-corrected chi connectivity index (χ2v) is 7.44. The molecule has 1 aromatic heterocycles. The highest BCUT2D eigenvalue weighted by molar-refractivity contribution is 5.93. The predicted octanol–water partition coefficient (Wildman–Crippen LogP) is 3.87. The summed E-state index contributed by atoms with van der Waals surface area (Å²) in [6, 6.07) is 8.50. The number of hydrogen-bond donors (Lipinski definition) is 0. The van der Waals surface area contributed by atoms with Crippen molar-refractivity contribution in [2.45, 2.75) is 39.2 Å². The molecule has 25 heavy (non-hydrogen) atoms. The van der Waals surface area contributed by atoms with E-state index >= 15 is 0 Å². The first-order valence-electron chi connectivity index (χ1n) is 9.52. The minimum absolute atomic E-state index is 0.395. The molecule has 2 aliphatic rings. The van der Waals surface area contributed by atoms with Crippen molar-refractivity contribution in [1.29, 1.82) is 0 Å². The average Bonchev–Trinajstić information content (AvgIpc) is 3.15. The lowest BCUT2D eigenvalue weighted by molar-refractivity contribution is 0.0132. The fourth-order valence-corrected chi connectivity index (χ4v) is 4.05. The summed E-state index contributed by atoms with van der Waals surface area (Å²) in [4.78, 5) is 7.29. The Kier molecular flexibility index (Phi) is 4.91. The summed E-state index contributed by atoms with van der Waals surface area (Å²) in [5, 5.41) is 1.27. The lowest BCUT2D eigenvalue weighted by atomic mass is 10.0. The van der Waals surface area contributed by atoms with E-state index in [-0.39, 0.29) is 0 Å². The van der Waals surface area contributed by atoms with Crippen LogP contribution < -0.4 is 4.90 Å². The maximum absolute atomic E-state index is 6.17. The van der Waals surface area contributed by atoms with E-state index in [1.165, 1.54) is 16.6 Å². The Bertz CT molecular complexity index is 732. The number of nitrogens with zero attached hydrogens (tertiary/aromatic N) is 2. The van der Waals surface area contributed by atoms with E-state index in [9.17, 15) is 0 Å². The Morgan fingerprint density at radius 2 is 1.96 bits per heavy atom. The van der Waals surface area contributed by atoms with Gasteiger partial charge in [0.15, 0.2) is 0 Å². The van der Waals surface area contributed by atoms with E-state index in [0.717, 1.165) is 63.4 Å². The normalized spacial score (nSPS) is 22.0. The van der Waals surface area contributed by atoms with Gasteiger partial charge in [0.25, 0.3) is 0 Å². The van der Waals surface area contributed by atoms with Crippen LogP contribution in [-0.4, -0.2) is 44.0 Å². The summed E-state index contributed by atoms with van der Waals surface area (Å²) in [7, 11) is 0. The maximum atomic E-state index is 6.17. The molecular weight excluding hydrogens is 312 g/mol. The van der Waals surface area contributed by atoms with Crippen molar-refractivity contribution in [3.05, 3.63) is 35.5 Å². The van der Waals surface area contributed by atoms with Crippen molar-refractivity contribution in [1.82, 2.24) is 4.98 Å². The quantitative estimate of drug-likeness (QED) is 0.846. The average molecular weight is 340 g/mol. The van der Waals surface area contributed by atoms with E-state index < -0.39 is 0 Å². The molecule has 0 radical (unpaired) electrons. The number of aryl methyl sites for hydroxylation is 1. The minimum atomic E-state index is 0.395. The van der Waals surface area contributed by atoms with E-state index in [2.05, 4.69) is 43.0 Å². The zero-order valence-electron chi connectivity index (χ0n) is 15.3. The molecule has 1 unspecified atom stereocenters. The van der Waals surface area contributed by atoms with Crippen LogP contribution in [0, 0.1) is 19.8 Å². The van der Waals surface area contributed by atoms with Gasteiger partial charge in [-0.25, -0.2) is 0 Å². The summed E-state index contributed by atoms with van der Waals surface area (Å²) < 4.78 is 11.6. The molecule has 0 amide bonds. The van der Waals surface area contributed by atoms with Gasteiger partial charge >= 0.3 is 0 Å². The van der Waals surface area contributed by atoms with E-state index in [0.29, 0.717) is 12.0 Å². The molecule has 4 heteroatoms. The van der Waals surface area contributed by atoms with Crippen LogP contribution in [0.15, 0.2) is 24.3 Å². The third kappa shape index (κ3) is 3.51. The molecule has 2 saturated heterocycles. The largest absolute Gasteiger partial charge is 0.381 e. The van der Waals surface area contributed by atoms with E-state index in [1.807, 2.05) is 0 Å². The molecule has 134 valence electrons. The minimum Gasteiger partial charge on any atom is -0.381 e. The highest BCUT2D eigenvalue weighted by Crippen LogP contribution is 2.33. The first-order chi connectivity index (χ1) is 12.2. The van der Waals surface area contributed by atoms with Crippen molar-refractivity contribution in [2.75, 3.05) is 37.8 Å². The Labute approximate surface area is 150 Å². The first kappa shape index (κ1) is 16.8. The third-order valence-corrected chi connectivity index (χ3v) is 5.70. The lowest BCUT2D eigenvalue weighted by Crippen LogP contribution is -2.38. The number of fused-ring (bicyclic) bond motifs is 1. The smallest absolute Gasteiger partial charge is 0.0726 e. The predicted molar refractivity (Wildman–Crippen MR) is 101 cm³/mol. The molecule has 2 aliphatic heterocycles. The number of anilines is 1. The Balaban J connectivity index is 1.45. The summed E-state index contributed by atoms with van der Waals surface area (Å²) in [5.41, 5.74) is 4.90. The molecule has 2 aromatic rings. The van der Waals surface area contributed by atoms with Gasteiger partial charge < -0.3 is 14.4 Å². The van der Waals surface area contributed by atoms with Gasteiger partial charge in [-0.1, -0.05) is 18.2 Å². The van der Waals surface area contributed by atoms with Crippen LogP contribution in [-0.2, 0) is 9.47 Å². The molecule has 0 saturated carbocycles. The van der Waals surface area contributed by atoms with Gasteiger partial charge in [0, 0.05) is 36.7 Å². The van der Waals surface area contributed by atoms with Crippen molar-refractivity contribution in [3.8, 4) is 0 Å². The van der Waals surface area contributed by atoms with Crippen LogP contribution in [0.4, 0.5) is 5.69 Å². The topological polar surface area (TPSA) is 34.6 Å². The number of para-hydroxylation sites is 1. The van der Waals surface area contributed by atoms with Gasteiger partial charge in [-0.05, 0) is 44.7 Å². The van der Waals surface area contributed by atoms with Gasteiger partial charge in [0.05, 0.1) is 30.5 Å². The van der Waals surface area contributed by atoms with Crippen LogP contribution in [0.5, 0.6) is 0 Å². The summed E-state index contributed by atoms with van der Waals surface area (Å²) in [6.07, 6.45) is 3.75. The van der Waals surface area contributed by atoms with Crippen LogP contribution in [0.25, 0.3) is 10.9 Å². The molecule has 1 aromatic carbocycles. The number of hydrogen-bond acceptors (Lipinski definition) is 4. The van der Waals surface area contributed by atoms with Gasteiger partial charge in [-0.3, -0.25) is 4.98 Å². The number of ether oxygens (including phenoxy) is 2. The molecule has 0 aliphatic carbocycles. The highest BCUT2D eigenvalue weighted by Gasteiger charge is 2.25. The number of benzene rings is 1. The molecule has 0 spiro atoms. The lowest BCUT2D eigenvalue weighted by Gasteiger charge is -2.35. The van der Waals surface area contributed by atoms with E-state index in [4.69, 9.17) is 14.5 Å². The standard InChI is InChI=1S/C21H28N2O2/c1-15-16(2)22-20-6-4-3-5-19(20)21(15)23-10-7-18(8-11-23)25-14-17-9-12-24-13-17/h3-6,17-18H,7-14H2,1-2H3. The Hall–Kier alpha value is -1.65. The molecule has 4 nitrogen and oxygen atoms in total. The van der Waals surface area contributed by atoms with Crippen LogP contribution in [0.3, 0.4) is 0 Å². The fourth-order valence-electron chi connectivity index (χ4n) is 4.05. The van der Waals surface area contributed by atoms with Crippen LogP contribution in [0.2, 0.25) is 0 Å². The summed E-state index contributed by atoms with van der Waals surface area (Å²) in [6.45, 7) is 9.07. The van der Waals surface area contributed by atoms with Crippen molar-refractivity contribution in [3.63, 3.8) is 0 Å². The Morgan fingerprint density at radius 3 is 2.72 bits per heavy atom. The Morgan fingerprint density at radius 1 is 1.16 bits per heavy atom. The molecule has 2 fully saturated rings. The van der Waals surface area contributed by atoms with Crippen molar-refractivity contribution >= 4 is 16.6 Å². The number of pyridine rings is 1. The number of aromatic nitrogens is 1. The molecule has 1 atom stereocenters. The zero-order chi connectivity index (χ0) is 17.2. The van der Waals surface area contributed by atoms with E-state index in [1.54, 1.807) is 0 Å². The van der Waals surface area contributed by atoms with Gasteiger partial charge in [-0.2, -0.15) is 0 Å². The van der Waals surface area contributed by atoms with Crippen molar-refractivity contribution in [2.24, 2.45) is 5.92 Å². The molecule has 0 bridgehead atoms. The monoisotopic (exact) mass is 340 g/mol. The maximum Gasteiger partial charge on any atom is 0.0726 e. The molecule has 3 heterocycles. The van der Waals surface area contributed by atoms with Gasteiger partial charge in [-0.15, -0.1) is 0 Å². The SMILES string of the molecule is Cc1nc2ccccc2c(N2CCC(OCC3CCOC3)CC2)c1C. The summed E-state index contributed by atoms with van der Waals surface area (Å²) >= 11 is 0. The fraction of sp³-hybridized carbons (Fsp3) is 0.571. The zero-order valence-corrected chi connectivity index (χ0v) is 15.3. The van der Waals surface area contributed by atoms with Crippen molar-refractivity contribution < 1.29 is 9.47 Å². The third-order valence-electron chi connectivity index (χ3n) is 5.70. The molecule has 4 rings (SSSR count). The first-order valence-corrected chi connectivity index (χ1v) is 9.52. The van der Waals surface area contributed by atoms with Gasteiger partial charge in [0.1, 0.15) is 0 Å². The second kappa shape index (κ2) is 7.30.